The van der Waals surface area contributed by atoms with Crippen LogP contribution < -0.4 is 5.73 Å². The van der Waals surface area contributed by atoms with E-state index >= 15 is 0 Å². The maximum Gasteiger partial charge on any atom is 0.115 e. The van der Waals surface area contributed by atoms with Gasteiger partial charge in [-0.1, -0.05) is 0 Å². The summed E-state index contributed by atoms with van der Waals surface area (Å²) in [4.78, 5) is 10.9. The summed E-state index contributed by atoms with van der Waals surface area (Å²) >= 11 is 0. The van der Waals surface area contributed by atoms with Crippen LogP contribution in [-0.4, -0.2) is 34.0 Å². The highest BCUT2D eigenvalue weighted by atomic mass is 15.2. The van der Waals surface area contributed by atoms with Crippen LogP contribution in [0.15, 0.2) is 18.6 Å². The second kappa shape index (κ2) is 4.70. The number of aromatic nitrogens is 2. The Morgan fingerprint density at radius 1 is 1.35 bits per heavy atom. The Hall–Kier alpha value is -1.00. The molecule has 0 radical (unpaired) electrons. The summed E-state index contributed by atoms with van der Waals surface area (Å²) in [6.45, 7) is 1.86. The molecule has 1 unspecified atom stereocenters. The molecule has 4 heteroatoms. The van der Waals surface area contributed by atoms with Crippen LogP contribution in [0, 0.1) is 5.92 Å². The minimum Gasteiger partial charge on any atom is -0.329 e. The molecule has 1 aromatic heterocycles. The van der Waals surface area contributed by atoms with Crippen LogP contribution in [0.3, 0.4) is 0 Å². The van der Waals surface area contributed by atoms with E-state index in [1.165, 1.54) is 32.2 Å². The van der Waals surface area contributed by atoms with E-state index < -0.39 is 0 Å². The fourth-order valence-corrected chi connectivity index (χ4v) is 2.46. The van der Waals surface area contributed by atoms with E-state index in [9.17, 15) is 0 Å². The van der Waals surface area contributed by atoms with E-state index in [2.05, 4.69) is 14.9 Å². The predicted octanol–water partition coefficient (Wildman–Crippen LogP) is 1.35. The van der Waals surface area contributed by atoms with Crippen LogP contribution in [0.25, 0.3) is 0 Å². The van der Waals surface area contributed by atoms with Crippen molar-refractivity contribution in [3.63, 3.8) is 0 Å². The Labute approximate surface area is 102 Å². The normalized spacial score (nSPS) is 21.8. The van der Waals surface area contributed by atoms with Crippen molar-refractivity contribution < 1.29 is 0 Å². The molecule has 0 aromatic carbocycles. The van der Waals surface area contributed by atoms with Crippen molar-refractivity contribution in [1.29, 1.82) is 0 Å². The average Bonchev–Trinajstić information content (AvgIpc) is 3.24. The Kier molecular flexibility index (Phi) is 3.07. The zero-order valence-electron chi connectivity index (χ0n) is 10.1. The van der Waals surface area contributed by atoms with Crippen LogP contribution in [-0.2, 0) is 0 Å². The van der Waals surface area contributed by atoms with Gasteiger partial charge in [-0.05, 0) is 37.7 Å². The van der Waals surface area contributed by atoms with E-state index in [0.29, 0.717) is 6.54 Å². The van der Waals surface area contributed by atoms with Gasteiger partial charge in [0.25, 0.3) is 0 Å². The molecular weight excluding hydrogens is 212 g/mol. The monoisotopic (exact) mass is 232 g/mol. The fourth-order valence-electron chi connectivity index (χ4n) is 2.46. The van der Waals surface area contributed by atoms with Crippen LogP contribution in [0.5, 0.6) is 0 Å². The SMILES string of the molecule is NCC(c1ccncn1)N(CC1CC1)C1CC1. The first-order valence-electron chi connectivity index (χ1n) is 6.60. The Bertz CT molecular complexity index is 359. The molecule has 0 bridgehead atoms. The second-order valence-corrected chi connectivity index (χ2v) is 5.26. The van der Waals surface area contributed by atoms with Gasteiger partial charge in [-0.25, -0.2) is 9.97 Å². The molecule has 1 heterocycles. The van der Waals surface area contributed by atoms with Crippen LogP contribution in [0.1, 0.15) is 37.4 Å². The van der Waals surface area contributed by atoms with Crippen LogP contribution >= 0.6 is 0 Å². The standard InChI is InChI=1S/C13H20N4/c14-7-13(12-5-6-15-9-16-12)17(11-3-4-11)8-10-1-2-10/h5-6,9-11,13H,1-4,7-8,14H2. The Morgan fingerprint density at radius 3 is 2.71 bits per heavy atom. The van der Waals surface area contributed by atoms with Gasteiger partial charge in [0.05, 0.1) is 11.7 Å². The molecule has 0 amide bonds. The van der Waals surface area contributed by atoms with Gasteiger partial charge in [0.1, 0.15) is 6.33 Å². The molecule has 0 aliphatic heterocycles. The minimum absolute atomic E-state index is 0.283. The van der Waals surface area contributed by atoms with E-state index in [4.69, 9.17) is 5.73 Å². The lowest BCUT2D eigenvalue weighted by molar-refractivity contribution is 0.179. The lowest BCUT2D eigenvalue weighted by atomic mass is 10.1. The third-order valence-electron chi connectivity index (χ3n) is 3.75. The molecule has 0 saturated heterocycles. The summed E-state index contributed by atoms with van der Waals surface area (Å²) in [5.74, 6) is 0.909. The van der Waals surface area contributed by atoms with Crippen molar-refractivity contribution in [2.24, 2.45) is 11.7 Å². The summed E-state index contributed by atoms with van der Waals surface area (Å²) < 4.78 is 0. The Balaban J connectivity index is 1.76. The van der Waals surface area contributed by atoms with Gasteiger partial charge in [0.2, 0.25) is 0 Å². The molecule has 2 aliphatic carbocycles. The number of rotatable bonds is 6. The quantitative estimate of drug-likeness (QED) is 0.804. The maximum absolute atomic E-state index is 5.97. The predicted molar refractivity (Wildman–Crippen MR) is 66.3 cm³/mol. The Morgan fingerprint density at radius 2 is 2.18 bits per heavy atom. The molecule has 17 heavy (non-hydrogen) atoms. The topological polar surface area (TPSA) is 55.0 Å². The molecule has 2 aliphatic rings. The first-order chi connectivity index (χ1) is 8.38. The lowest BCUT2D eigenvalue weighted by Gasteiger charge is -2.30. The van der Waals surface area contributed by atoms with E-state index in [-0.39, 0.29) is 6.04 Å². The van der Waals surface area contributed by atoms with Gasteiger partial charge in [0.15, 0.2) is 0 Å². The summed E-state index contributed by atoms with van der Waals surface area (Å²) in [5.41, 5.74) is 7.04. The fraction of sp³-hybridized carbons (Fsp3) is 0.692. The first kappa shape index (κ1) is 11.1. The lowest BCUT2D eigenvalue weighted by Crippen LogP contribution is -2.37. The molecule has 2 N–H and O–H groups in total. The second-order valence-electron chi connectivity index (χ2n) is 5.26. The van der Waals surface area contributed by atoms with Gasteiger partial charge in [-0.3, -0.25) is 4.90 Å². The van der Waals surface area contributed by atoms with Crippen molar-refractivity contribution >= 4 is 0 Å². The molecule has 4 nitrogen and oxygen atoms in total. The molecule has 1 aromatic rings. The third kappa shape index (κ3) is 2.64. The van der Waals surface area contributed by atoms with Crippen molar-refractivity contribution in [2.75, 3.05) is 13.1 Å². The van der Waals surface area contributed by atoms with Crippen molar-refractivity contribution in [1.82, 2.24) is 14.9 Å². The van der Waals surface area contributed by atoms with Crippen LogP contribution in [0.2, 0.25) is 0 Å². The van der Waals surface area contributed by atoms with Crippen molar-refractivity contribution in [3.05, 3.63) is 24.3 Å². The van der Waals surface area contributed by atoms with E-state index in [1.54, 1.807) is 6.33 Å². The number of hydrogen-bond acceptors (Lipinski definition) is 4. The van der Waals surface area contributed by atoms with Gasteiger partial charge in [-0.2, -0.15) is 0 Å². The van der Waals surface area contributed by atoms with Crippen molar-refractivity contribution in [3.8, 4) is 0 Å². The summed E-state index contributed by atoms with van der Waals surface area (Å²) in [6.07, 6.45) is 8.88. The molecule has 92 valence electrons. The highest BCUT2D eigenvalue weighted by molar-refractivity contribution is 5.08. The third-order valence-corrected chi connectivity index (χ3v) is 3.75. The molecule has 2 saturated carbocycles. The van der Waals surface area contributed by atoms with Gasteiger partial charge in [-0.15, -0.1) is 0 Å². The highest BCUT2D eigenvalue weighted by Gasteiger charge is 2.37. The molecular formula is C13H20N4. The molecule has 3 rings (SSSR count). The van der Waals surface area contributed by atoms with E-state index in [1.807, 2.05) is 12.3 Å². The average molecular weight is 232 g/mol. The number of nitrogens with two attached hydrogens (primary N) is 1. The smallest absolute Gasteiger partial charge is 0.115 e. The number of hydrogen-bond donors (Lipinski definition) is 1. The zero-order valence-corrected chi connectivity index (χ0v) is 10.1. The molecule has 2 fully saturated rings. The summed E-state index contributed by atoms with van der Waals surface area (Å²) in [7, 11) is 0. The summed E-state index contributed by atoms with van der Waals surface area (Å²) in [6, 6.07) is 3.03. The van der Waals surface area contributed by atoms with Gasteiger partial charge < -0.3 is 5.73 Å². The summed E-state index contributed by atoms with van der Waals surface area (Å²) in [5, 5.41) is 0. The largest absolute Gasteiger partial charge is 0.329 e. The van der Waals surface area contributed by atoms with Crippen LogP contribution in [0.4, 0.5) is 0 Å². The van der Waals surface area contributed by atoms with Crippen molar-refractivity contribution in [2.45, 2.75) is 37.8 Å². The van der Waals surface area contributed by atoms with Gasteiger partial charge >= 0.3 is 0 Å². The minimum atomic E-state index is 0.283. The first-order valence-corrected chi connectivity index (χ1v) is 6.60. The molecule has 0 spiro atoms. The maximum atomic E-state index is 5.97. The highest BCUT2D eigenvalue weighted by Crippen LogP contribution is 2.38. The van der Waals surface area contributed by atoms with Gasteiger partial charge in [0, 0.05) is 25.3 Å². The van der Waals surface area contributed by atoms with E-state index in [0.717, 1.165) is 17.7 Å². The molecule has 1 atom stereocenters. The number of nitrogens with zero attached hydrogens (tertiary/aromatic N) is 3. The zero-order chi connectivity index (χ0) is 11.7.